The van der Waals surface area contributed by atoms with Crippen molar-refractivity contribution in [2.24, 2.45) is 16.0 Å². The molecule has 2 aromatic carbocycles. The molecule has 0 aliphatic heterocycles. The molecule has 3 aromatic rings. The Balaban J connectivity index is 1.75. The van der Waals surface area contributed by atoms with Gasteiger partial charge in [0.1, 0.15) is 18.8 Å². The van der Waals surface area contributed by atoms with Gasteiger partial charge in [0.2, 0.25) is 11.8 Å². The smallest absolute Gasteiger partial charge is 0.283 e. The van der Waals surface area contributed by atoms with Crippen LogP contribution in [0.15, 0.2) is 58.8 Å². The first-order chi connectivity index (χ1) is 14.4. The van der Waals surface area contributed by atoms with Crippen molar-refractivity contribution in [2.75, 3.05) is 13.7 Å². The van der Waals surface area contributed by atoms with E-state index in [1.807, 2.05) is 0 Å². The summed E-state index contributed by atoms with van der Waals surface area (Å²) in [5.74, 6) is -1.85. The Bertz CT molecular complexity index is 1150. The number of aromatic nitrogens is 1. The number of primary amides is 1. The number of rotatable bonds is 7. The van der Waals surface area contributed by atoms with E-state index >= 15 is 0 Å². The number of nitrogens with one attached hydrogen (secondary N) is 1. The predicted molar refractivity (Wildman–Crippen MR) is 108 cm³/mol. The Hall–Kier alpha value is -4.21. The van der Waals surface area contributed by atoms with Crippen molar-refractivity contribution < 1.29 is 24.2 Å². The maximum absolute atomic E-state index is 12.2. The molecule has 0 aliphatic rings. The van der Waals surface area contributed by atoms with Crippen LogP contribution in [0.1, 0.15) is 10.4 Å². The summed E-state index contributed by atoms with van der Waals surface area (Å²) in [7, 11) is 1.44. The summed E-state index contributed by atoms with van der Waals surface area (Å²) >= 11 is 0. The lowest BCUT2D eigenvalue weighted by molar-refractivity contribution is -0.119. The van der Waals surface area contributed by atoms with E-state index in [1.54, 1.807) is 48.5 Å². The van der Waals surface area contributed by atoms with Crippen LogP contribution < -0.4 is 15.8 Å². The molecule has 0 saturated heterocycles. The minimum Gasteiger partial charge on any atom is -0.496 e. The molecule has 0 radical (unpaired) electrons. The van der Waals surface area contributed by atoms with E-state index in [2.05, 4.69) is 15.5 Å². The lowest BCUT2D eigenvalue weighted by atomic mass is 10.2. The van der Waals surface area contributed by atoms with Gasteiger partial charge in [-0.2, -0.15) is 0 Å². The van der Waals surface area contributed by atoms with Crippen LogP contribution in [0.2, 0.25) is 0 Å². The van der Waals surface area contributed by atoms with E-state index in [-0.39, 0.29) is 23.7 Å². The lowest BCUT2D eigenvalue weighted by Crippen LogP contribution is -2.28. The van der Waals surface area contributed by atoms with E-state index in [0.717, 1.165) is 0 Å². The fraction of sp³-hybridized carbons (Fsp3) is 0.150. The van der Waals surface area contributed by atoms with Gasteiger partial charge in [0.05, 0.1) is 18.2 Å². The number of benzene rings is 2. The highest BCUT2D eigenvalue weighted by Crippen LogP contribution is 2.38. The molecule has 0 saturated carbocycles. The summed E-state index contributed by atoms with van der Waals surface area (Å²) < 4.78 is 6.39. The number of azo groups is 1. The molecule has 0 atom stereocenters. The van der Waals surface area contributed by atoms with Crippen LogP contribution in [0, 0.1) is 0 Å². The highest BCUT2D eigenvalue weighted by atomic mass is 16.5. The van der Waals surface area contributed by atoms with E-state index in [0.29, 0.717) is 16.7 Å². The fourth-order valence-corrected chi connectivity index (χ4v) is 2.91. The van der Waals surface area contributed by atoms with Crippen LogP contribution in [0.3, 0.4) is 0 Å². The van der Waals surface area contributed by atoms with Gasteiger partial charge >= 0.3 is 0 Å². The number of fused-ring (bicyclic) bond motifs is 1. The Morgan fingerprint density at radius 3 is 2.57 bits per heavy atom. The average molecular weight is 409 g/mol. The van der Waals surface area contributed by atoms with Crippen LogP contribution in [0.25, 0.3) is 10.9 Å². The average Bonchev–Trinajstić information content (AvgIpc) is 3.01. The fourth-order valence-electron chi connectivity index (χ4n) is 2.91. The summed E-state index contributed by atoms with van der Waals surface area (Å²) in [5, 5.41) is 20.7. The van der Waals surface area contributed by atoms with E-state index in [9.17, 15) is 19.5 Å². The van der Waals surface area contributed by atoms with Crippen molar-refractivity contribution in [3.8, 4) is 11.6 Å². The van der Waals surface area contributed by atoms with Crippen LogP contribution >= 0.6 is 0 Å². The second-order valence-electron chi connectivity index (χ2n) is 6.22. The quantitative estimate of drug-likeness (QED) is 0.510. The Labute approximate surface area is 171 Å². The number of methoxy groups -OCH3 is 1. The van der Waals surface area contributed by atoms with Gasteiger partial charge in [-0.3, -0.25) is 14.4 Å². The molecule has 3 rings (SSSR count). The number of nitrogens with zero attached hydrogens (tertiary/aromatic N) is 3. The Morgan fingerprint density at radius 1 is 1.13 bits per heavy atom. The van der Waals surface area contributed by atoms with Gasteiger partial charge in [-0.15, -0.1) is 10.2 Å². The van der Waals surface area contributed by atoms with Crippen LogP contribution in [-0.2, 0) is 16.1 Å². The first-order valence-corrected chi connectivity index (χ1v) is 8.86. The summed E-state index contributed by atoms with van der Waals surface area (Å²) in [6.45, 7) is -0.661. The summed E-state index contributed by atoms with van der Waals surface area (Å²) in [6, 6.07) is 13.3. The molecule has 10 heteroatoms. The number of nitrogens with two attached hydrogens (primary N) is 1. The van der Waals surface area contributed by atoms with Gasteiger partial charge in [0, 0.05) is 5.39 Å². The number of aromatic hydroxyl groups is 1. The zero-order chi connectivity index (χ0) is 21.7. The molecule has 0 spiro atoms. The summed E-state index contributed by atoms with van der Waals surface area (Å²) in [6.07, 6.45) is 0. The Kier molecular flexibility index (Phi) is 6.06. The first-order valence-electron chi connectivity index (χ1n) is 8.86. The van der Waals surface area contributed by atoms with Gasteiger partial charge in [-0.25, -0.2) is 0 Å². The largest absolute Gasteiger partial charge is 0.496 e. The standard InChI is InChI=1S/C20H19N5O5/c1-30-15-9-5-3-7-13(15)19(28)22-10-17(27)23-24-18-12-6-2-4-8-14(12)25(20(18)29)11-16(21)26/h2-9,29H,10-11H2,1H3,(H2,21,26)(H,22,28). The Morgan fingerprint density at radius 2 is 1.83 bits per heavy atom. The zero-order valence-corrected chi connectivity index (χ0v) is 16.0. The molecule has 0 bridgehead atoms. The maximum Gasteiger partial charge on any atom is 0.283 e. The minimum absolute atomic E-state index is 0.0243. The third-order valence-corrected chi connectivity index (χ3v) is 4.24. The van der Waals surface area contributed by atoms with Crippen molar-refractivity contribution in [3.05, 3.63) is 54.1 Å². The molecule has 1 aromatic heterocycles. The first kappa shape index (κ1) is 20.5. The molecule has 3 amide bonds. The highest BCUT2D eigenvalue weighted by Gasteiger charge is 2.18. The van der Waals surface area contributed by atoms with Crippen molar-refractivity contribution in [1.29, 1.82) is 0 Å². The molecule has 1 heterocycles. The van der Waals surface area contributed by atoms with Gasteiger partial charge < -0.3 is 25.5 Å². The molecule has 0 aliphatic carbocycles. The molecule has 154 valence electrons. The normalized spacial score (nSPS) is 11.0. The topological polar surface area (TPSA) is 148 Å². The van der Waals surface area contributed by atoms with Crippen LogP contribution in [0.5, 0.6) is 11.6 Å². The van der Waals surface area contributed by atoms with Gasteiger partial charge in [0.15, 0.2) is 5.69 Å². The molecule has 30 heavy (non-hydrogen) atoms. The van der Waals surface area contributed by atoms with Crippen molar-refractivity contribution in [1.82, 2.24) is 9.88 Å². The van der Waals surface area contributed by atoms with E-state index in [4.69, 9.17) is 10.5 Å². The third-order valence-electron chi connectivity index (χ3n) is 4.24. The summed E-state index contributed by atoms with van der Waals surface area (Å²) in [5.41, 5.74) is 6.04. The molecule has 0 unspecified atom stereocenters. The second-order valence-corrected chi connectivity index (χ2v) is 6.22. The van der Waals surface area contributed by atoms with Gasteiger partial charge in [-0.05, 0) is 18.2 Å². The maximum atomic E-state index is 12.2. The van der Waals surface area contributed by atoms with Crippen molar-refractivity contribution in [2.45, 2.75) is 6.54 Å². The number of hydrogen-bond donors (Lipinski definition) is 3. The number of para-hydroxylation sites is 2. The number of hydrogen-bond acceptors (Lipinski definition) is 6. The van der Waals surface area contributed by atoms with Crippen LogP contribution in [0.4, 0.5) is 5.69 Å². The highest BCUT2D eigenvalue weighted by molar-refractivity contribution is 5.99. The number of ether oxygens (including phenoxy) is 1. The third kappa shape index (κ3) is 4.27. The van der Waals surface area contributed by atoms with E-state index in [1.165, 1.54) is 11.7 Å². The number of carbonyl (C=O) groups excluding carboxylic acids is 3. The van der Waals surface area contributed by atoms with Crippen molar-refractivity contribution >= 4 is 34.3 Å². The number of amides is 3. The second kappa shape index (κ2) is 8.86. The van der Waals surface area contributed by atoms with Gasteiger partial charge in [-0.1, -0.05) is 30.3 Å². The monoisotopic (exact) mass is 409 g/mol. The molecule has 0 fully saturated rings. The van der Waals surface area contributed by atoms with Crippen LogP contribution in [-0.4, -0.2) is 41.0 Å². The van der Waals surface area contributed by atoms with Gasteiger partial charge in [0.25, 0.3) is 11.8 Å². The van der Waals surface area contributed by atoms with E-state index < -0.39 is 24.3 Å². The zero-order valence-electron chi connectivity index (χ0n) is 16.0. The summed E-state index contributed by atoms with van der Waals surface area (Å²) in [4.78, 5) is 35.6. The molecule has 4 N–H and O–H groups in total. The lowest BCUT2D eigenvalue weighted by Gasteiger charge is -2.07. The molecular weight excluding hydrogens is 390 g/mol. The van der Waals surface area contributed by atoms with Crippen molar-refractivity contribution in [3.63, 3.8) is 0 Å². The minimum atomic E-state index is -0.732. The number of carbonyl (C=O) groups is 3. The molecular formula is C20H19N5O5. The SMILES string of the molecule is COc1ccccc1C(=O)NCC(=O)N=Nc1c(O)n(CC(N)=O)c2ccccc12. The predicted octanol–water partition coefficient (Wildman–Crippen LogP) is 1.88. The molecule has 10 nitrogen and oxygen atoms in total.